The van der Waals surface area contributed by atoms with Gasteiger partial charge in [0.25, 0.3) is 11.8 Å². The molecule has 0 radical (unpaired) electrons. The van der Waals surface area contributed by atoms with Crippen molar-refractivity contribution in [3.63, 3.8) is 0 Å². The Bertz CT molecular complexity index is 1060. The summed E-state index contributed by atoms with van der Waals surface area (Å²) in [6, 6.07) is 12.3. The number of furan rings is 1. The van der Waals surface area contributed by atoms with Crippen LogP contribution in [0, 0.1) is 18.3 Å². The third-order valence-electron chi connectivity index (χ3n) is 4.22. The second-order valence-electron chi connectivity index (χ2n) is 6.47. The van der Waals surface area contributed by atoms with E-state index in [9.17, 15) is 14.9 Å². The summed E-state index contributed by atoms with van der Waals surface area (Å²) in [5.41, 5.74) is 0.875. The zero-order valence-corrected chi connectivity index (χ0v) is 16.3. The summed E-state index contributed by atoms with van der Waals surface area (Å²) in [6.45, 7) is 1.57. The molecule has 2 heterocycles. The van der Waals surface area contributed by atoms with Crippen LogP contribution in [0.15, 0.2) is 53.2 Å². The van der Waals surface area contributed by atoms with Crippen LogP contribution in [0.4, 0.5) is 5.69 Å². The van der Waals surface area contributed by atoms with Crippen molar-refractivity contribution in [2.45, 2.75) is 6.92 Å². The average Bonchev–Trinajstić information content (AvgIpc) is 3.34. The largest absolute Gasteiger partial charge is 0.484 e. The van der Waals surface area contributed by atoms with E-state index < -0.39 is 5.91 Å². The maximum absolute atomic E-state index is 12.8. The van der Waals surface area contributed by atoms with E-state index in [1.54, 1.807) is 74.4 Å². The summed E-state index contributed by atoms with van der Waals surface area (Å²) in [5, 5.41) is 12.3. The van der Waals surface area contributed by atoms with Gasteiger partial charge in [0.2, 0.25) is 5.88 Å². The Labute approximate surface area is 167 Å². The van der Waals surface area contributed by atoms with E-state index in [-0.39, 0.29) is 23.6 Å². The van der Waals surface area contributed by atoms with E-state index in [4.69, 9.17) is 9.15 Å². The molecule has 29 heavy (non-hydrogen) atoms. The van der Waals surface area contributed by atoms with Gasteiger partial charge in [-0.3, -0.25) is 14.2 Å². The van der Waals surface area contributed by atoms with Crippen molar-refractivity contribution in [3.05, 3.63) is 65.7 Å². The molecule has 0 saturated carbocycles. The van der Waals surface area contributed by atoms with Crippen LogP contribution >= 0.6 is 0 Å². The normalized spacial score (nSPS) is 10.3. The first-order valence-electron chi connectivity index (χ1n) is 8.82. The van der Waals surface area contributed by atoms with Crippen LogP contribution in [0.5, 0.6) is 5.75 Å². The smallest absolute Gasteiger partial charge is 0.260 e. The third kappa shape index (κ3) is 4.30. The lowest BCUT2D eigenvalue weighted by Crippen LogP contribution is -2.27. The van der Waals surface area contributed by atoms with E-state index in [2.05, 4.69) is 11.4 Å². The molecule has 3 rings (SSSR count). The third-order valence-corrected chi connectivity index (χ3v) is 4.22. The van der Waals surface area contributed by atoms with Gasteiger partial charge in [-0.25, -0.2) is 0 Å². The van der Waals surface area contributed by atoms with Crippen LogP contribution in [-0.4, -0.2) is 42.0 Å². The number of benzene rings is 1. The summed E-state index contributed by atoms with van der Waals surface area (Å²) in [5.74, 6) is 0.558. The number of anilines is 1. The number of carbonyl (C=O) groups is 2. The number of ether oxygens (including phenoxy) is 1. The Hall–Kier alpha value is -3.99. The van der Waals surface area contributed by atoms with E-state index in [1.807, 2.05) is 0 Å². The van der Waals surface area contributed by atoms with E-state index >= 15 is 0 Å². The molecule has 2 aromatic heterocycles. The van der Waals surface area contributed by atoms with Crippen molar-refractivity contribution in [2.75, 3.05) is 26.0 Å². The molecule has 0 unspecified atom stereocenters. The van der Waals surface area contributed by atoms with Gasteiger partial charge in [-0.1, -0.05) is 0 Å². The predicted octanol–water partition coefficient (Wildman–Crippen LogP) is 2.97. The fraction of sp³-hybridized carbons (Fsp3) is 0.190. The molecular formula is C21H20N4O4. The molecule has 0 bridgehead atoms. The number of aromatic nitrogens is 1. The summed E-state index contributed by atoms with van der Waals surface area (Å²) in [7, 11) is 3.30. The summed E-state index contributed by atoms with van der Waals surface area (Å²) < 4.78 is 12.7. The lowest BCUT2D eigenvalue weighted by Gasteiger charge is -2.11. The number of hydrogen-bond donors (Lipinski definition) is 1. The minimum atomic E-state index is -0.447. The molecule has 0 saturated heterocycles. The van der Waals surface area contributed by atoms with Gasteiger partial charge >= 0.3 is 0 Å². The van der Waals surface area contributed by atoms with Gasteiger partial charge in [0, 0.05) is 32.2 Å². The van der Waals surface area contributed by atoms with Crippen molar-refractivity contribution in [1.82, 2.24) is 9.47 Å². The van der Waals surface area contributed by atoms with Crippen molar-refractivity contribution in [3.8, 4) is 17.7 Å². The second-order valence-corrected chi connectivity index (χ2v) is 6.47. The SMILES string of the molecule is Cc1oc(-n2cccc2)c(C#N)c1C(=O)Nc1ccc(OCC(=O)N(C)C)cc1. The molecule has 0 aliphatic heterocycles. The van der Waals surface area contributed by atoms with Crippen LogP contribution in [0.25, 0.3) is 5.88 Å². The first kappa shape index (κ1) is 19.8. The zero-order chi connectivity index (χ0) is 21.0. The topological polar surface area (TPSA) is 100 Å². The van der Waals surface area contributed by atoms with E-state index in [0.717, 1.165) is 0 Å². The number of likely N-dealkylation sites (N-methyl/N-ethyl adjacent to an activating group) is 1. The number of nitriles is 1. The molecule has 0 fully saturated rings. The number of nitrogens with one attached hydrogen (secondary N) is 1. The fourth-order valence-corrected chi connectivity index (χ4v) is 2.66. The van der Waals surface area contributed by atoms with E-state index in [0.29, 0.717) is 23.1 Å². The molecule has 0 spiro atoms. The highest BCUT2D eigenvalue weighted by molar-refractivity contribution is 6.07. The van der Waals surface area contributed by atoms with Crippen LogP contribution in [0.2, 0.25) is 0 Å². The van der Waals surface area contributed by atoms with E-state index in [1.165, 1.54) is 4.90 Å². The Balaban J connectivity index is 1.74. The number of rotatable bonds is 6. The standard InChI is InChI=1S/C21H20N4O4/c1-14-19(17(12-22)21(29-14)25-10-4-5-11-25)20(27)23-15-6-8-16(9-7-15)28-13-18(26)24(2)3/h4-11H,13H2,1-3H3,(H,23,27). The first-order valence-corrected chi connectivity index (χ1v) is 8.82. The van der Waals surface area contributed by atoms with Gasteiger partial charge in [0.1, 0.15) is 28.7 Å². The summed E-state index contributed by atoms with van der Waals surface area (Å²) in [6.07, 6.45) is 3.47. The lowest BCUT2D eigenvalue weighted by molar-refractivity contribution is -0.130. The van der Waals surface area contributed by atoms with Gasteiger partial charge in [0.15, 0.2) is 6.61 Å². The van der Waals surface area contributed by atoms with Gasteiger partial charge in [0.05, 0.1) is 0 Å². The molecule has 2 amide bonds. The predicted molar refractivity (Wildman–Crippen MR) is 106 cm³/mol. The number of amides is 2. The highest BCUT2D eigenvalue weighted by Gasteiger charge is 2.24. The molecule has 8 nitrogen and oxygen atoms in total. The quantitative estimate of drug-likeness (QED) is 0.695. The summed E-state index contributed by atoms with van der Waals surface area (Å²) >= 11 is 0. The van der Waals surface area contributed by atoms with Gasteiger partial charge < -0.3 is 19.4 Å². The van der Waals surface area contributed by atoms with Gasteiger partial charge in [-0.05, 0) is 43.3 Å². The van der Waals surface area contributed by atoms with Crippen LogP contribution < -0.4 is 10.1 Å². The van der Waals surface area contributed by atoms with Crippen molar-refractivity contribution < 1.29 is 18.7 Å². The van der Waals surface area contributed by atoms with Crippen molar-refractivity contribution in [2.24, 2.45) is 0 Å². The molecule has 8 heteroatoms. The number of hydrogen-bond acceptors (Lipinski definition) is 5. The van der Waals surface area contributed by atoms with Gasteiger partial charge in [-0.15, -0.1) is 0 Å². The average molecular weight is 392 g/mol. The molecule has 3 aromatic rings. The maximum atomic E-state index is 12.8. The fourth-order valence-electron chi connectivity index (χ4n) is 2.66. The highest BCUT2D eigenvalue weighted by atomic mass is 16.5. The van der Waals surface area contributed by atoms with Crippen LogP contribution in [-0.2, 0) is 4.79 Å². The number of carbonyl (C=O) groups excluding carboxylic acids is 2. The van der Waals surface area contributed by atoms with Crippen LogP contribution in [0.1, 0.15) is 21.7 Å². The lowest BCUT2D eigenvalue weighted by atomic mass is 10.1. The molecule has 1 aromatic carbocycles. The van der Waals surface area contributed by atoms with Crippen molar-refractivity contribution >= 4 is 17.5 Å². The van der Waals surface area contributed by atoms with Crippen LogP contribution in [0.3, 0.4) is 0 Å². The number of aryl methyl sites for hydroxylation is 1. The van der Waals surface area contributed by atoms with Crippen molar-refractivity contribution in [1.29, 1.82) is 5.26 Å². The minimum absolute atomic E-state index is 0.0688. The zero-order valence-electron chi connectivity index (χ0n) is 16.3. The molecule has 0 aliphatic carbocycles. The molecule has 0 aliphatic rings. The maximum Gasteiger partial charge on any atom is 0.260 e. The summed E-state index contributed by atoms with van der Waals surface area (Å²) in [4.78, 5) is 25.8. The monoisotopic (exact) mass is 392 g/mol. The highest BCUT2D eigenvalue weighted by Crippen LogP contribution is 2.26. The Kier molecular flexibility index (Phi) is 5.69. The first-order chi connectivity index (χ1) is 13.9. The minimum Gasteiger partial charge on any atom is -0.484 e. The molecule has 148 valence electrons. The molecule has 0 atom stereocenters. The Morgan fingerprint density at radius 1 is 1.21 bits per heavy atom. The Morgan fingerprint density at radius 3 is 2.45 bits per heavy atom. The number of nitrogens with zero attached hydrogens (tertiary/aromatic N) is 3. The molecular weight excluding hydrogens is 372 g/mol. The Morgan fingerprint density at radius 2 is 1.86 bits per heavy atom. The van der Waals surface area contributed by atoms with Gasteiger partial charge in [-0.2, -0.15) is 5.26 Å². The molecule has 1 N–H and O–H groups in total. The second kappa shape index (κ2) is 8.35.